The van der Waals surface area contributed by atoms with Crippen LogP contribution in [0.5, 0.6) is 0 Å². The number of rotatable bonds is 6. The van der Waals surface area contributed by atoms with Crippen molar-refractivity contribution in [1.82, 2.24) is 10.1 Å². The van der Waals surface area contributed by atoms with Gasteiger partial charge in [0.2, 0.25) is 5.88 Å². The van der Waals surface area contributed by atoms with Crippen molar-refractivity contribution in [3.8, 4) is 11.3 Å². The number of carbonyl (C=O) groups excluding carboxylic acids is 1. The molecule has 0 aliphatic carbocycles. The van der Waals surface area contributed by atoms with Crippen LogP contribution in [0.2, 0.25) is 0 Å². The number of amides is 1. The Morgan fingerprint density at radius 1 is 1.16 bits per heavy atom. The van der Waals surface area contributed by atoms with E-state index in [1.165, 1.54) is 24.3 Å². The molecule has 0 N–H and O–H groups in total. The van der Waals surface area contributed by atoms with Crippen LogP contribution < -0.4 is 4.90 Å². The van der Waals surface area contributed by atoms with Crippen LogP contribution >= 0.6 is 0 Å². The van der Waals surface area contributed by atoms with Gasteiger partial charge in [-0.15, -0.1) is 0 Å². The average Bonchev–Trinajstić information content (AvgIpc) is 3.21. The maximum atomic E-state index is 13.4. The highest BCUT2D eigenvalue weighted by Crippen LogP contribution is 2.34. The Labute approximate surface area is 187 Å². The predicted molar refractivity (Wildman–Crippen MR) is 121 cm³/mol. The van der Waals surface area contributed by atoms with Crippen LogP contribution in [0, 0.1) is 12.7 Å². The van der Waals surface area contributed by atoms with Gasteiger partial charge in [-0.3, -0.25) is 4.79 Å². The molecular formula is C25H28FN3O3. The number of aromatic nitrogens is 1. The van der Waals surface area contributed by atoms with Crippen molar-refractivity contribution in [3.63, 3.8) is 0 Å². The summed E-state index contributed by atoms with van der Waals surface area (Å²) in [5.74, 6) is 0.139. The molecule has 4 rings (SSSR count). The van der Waals surface area contributed by atoms with Gasteiger partial charge in [0.25, 0.3) is 5.91 Å². The van der Waals surface area contributed by atoms with Crippen molar-refractivity contribution < 1.29 is 18.4 Å². The van der Waals surface area contributed by atoms with E-state index in [-0.39, 0.29) is 17.8 Å². The Bertz CT molecular complexity index is 1070. The maximum Gasteiger partial charge on any atom is 0.254 e. The normalized spacial score (nSPS) is 14.1. The zero-order valence-electron chi connectivity index (χ0n) is 18.7. The molecule has 0 saturated carbocycles. The summed E-state index contributed by atoms with van der Waals surface area (Å²) in [5.41, 5.74) is 4.10. The molecule has 1 saturated heterocycles. The standard InChI is InChI=1S/C25H28FN3O3/c1-17(2)29(24(30)19-7-9-21(26)10-8-19)16-22-23(20-6-4-5-18(3)15-20)27-32-25(22)28-11-13-31-14-12-28/h4-10,15,17H,11-14,16H2,1-3H3. The van der Waals surface area contributed by atoms with Crippen LogP contribution in [0.4, 0.5) is 10.3 Å². The van der Waals surface area contributed by atoms with E-state index in [0.717, 1.165) is 22.4 Å². The zero-order valence-corrected chi connectivity index (χ0v) is 18.7. The molecule has 3 aromatic rings. The first-order valence-electron chi connectivity index (χ1n) is 10.9. The monoisotopic (exact) mass is 437 g/mol. The van der Waals surface area contributed by atoms with Crippen molar-refractivity contribution in [1.29, 1.82) is 0 Å². The minimum Gasteiger partial charge on any atom is -0.378 e. The summed E-state index contributed by atoms with van der Waals surface area (Å²) in [5, 5.41) is 4.41. The van der Waals surface area contributed by atoms with Gasteiger partial charge in [-0.25, -0.2) is 4.39 Å². The topological polar surface area (TPSA) is 58.8 Å². The molecule has 0 atom stereocenters. The molecule has 32 heavy (non-hydrogen) atoms. The van der Waals surface area contributed by atoms with Crippen molar-refractivity contribution in [2.24, 2.45) is 0 Å². The van der Waals surface area contributed by atoms with Crippen molar-refractivity contribution in [3.05, 3.63) is 71.0 Å². The van der Waals surface area contributed by atoms with E-state index in [2.05, 4.69) is 16.1 Å². The van der Waals surface area contributed by atoms with Gasteiger partial charge in [-0.2, -0.15) is 0 Å². The van der Waals surface area contributed by atoms with Gasteiger partial charge in [0.1, 0.15) is 11.5 Å². The van der Waals surface area contributed by atoms with Crippen molar-refractivity contribution >= 4 is 11.8 Å². The van der Waals surface area contributed by atoms with Gasteiger partial charge < -0.3 is 19.1 Å². The fourth-order valence-corrected chi connectivity index (χ4v) is 3.89. The van der Waals surface area contributed by atoms with Gasteiger partial charge in [0.05, 0.1) is 25.3 Å². The van der Waals surface area contributed by atoms with E-state index >= 15 is 0 Å². The first-order chi connectivity index (χ1) is 15.4. The van der Waals surface area contributed by atoms with E-state index in [4.69, 9.17) is 9.26 Å². The second-order valence-corrected chi connectivity index (χ2v) is 8.32. The molecule has 1 aliphatic heterocycles. The van der Waals surface area contributed by atoms with Gasteiger partial charge in [0, 0.05) is 30.3 Å². The van der Waals surface area contributed by atoms with Crippen LogP contribution in [-0.2, 0) is 11.3 Å². The summed E-state index contributed by atoms with van der Waals surface area (Å²) in [6, 6.07) is 13.7. The molecule has 1 aliphatic rings. The minimum atomic E-state index is -0.368. The molecule has 7 heteroatoms. The Kier molecular flexibility index (Phi) is 6.55. The van der Waals surface area contributed by atoms with Crippen LogP contribution in [0.25, 0.3) is 11.3 Å². The van der Waals surface area contributed by atoms with E-state index in [1.807, 2.05) is 39.0 Å². The van der Waals surface area contributed by atoms with Crippen LogP contribution in [0.1, 0.15) is 35.3 Å². The lowest BCUT2D eigenvalue weighted by molar-refractivity contribution is 0.0690. The second-order valence-electron chi connectivity index (χ2n) is 8.32. The number of morpholine rings is 1. The number of anilines is 1. The van der Waals surface area contributed by atoms with E-state index < -0.39 is 0 Å². The molecule has 2 heterocycles. The fraction of sp³-hybridized carbons (Fsp3) is 0.360. The Morgan fingerprint density at radius 2 is 1.88 bits per heavy atom. The molecule has 0 radical (unpaired) electrons. The number of carbonyl (C=O) groups is 1. The number of aryl methyl sites for hydroxylation is 1. The summed E-state index contributed by atoms with van der Waals surface area (Å²) in [7, 11) is 0. The van der Waals surface area contributed by atoms with Gasteiger partial charge in [0.15, 0.2) is 0 Å². The summed E-state index contributed by atoms with van der Waals surface area (Å²) in [4.78, 5) is 17.2. The summed E-state index contributed by atoms with van der Waals surface area (Å²) in [6.07, 6.45) is 0. The van der Waals surface area contributed by atoms with E-state index in [9.17, 15) is 9.18 Å². The quantitative estimate of drug-likeness (QED) is 0.561. The SMILES string of the molecule is Cc1cccc(-c2noc(N3CCOCC3)c2CN(C(=O)c2ccc(F)cc2)C(C)C)c1. The highest BCUT2D eigenvalue weighted by atomic mass is 19.1. The Morgan fingerprint density at radius 3 is 2.53 bits per heavy atom. The highest BCUT2D eigenvalue weighted by molar-refractivity contribution is 5.94. The molecule has 6 nitrogen and oxygen atoms in total. The van der Waals surface area contributed by atoms with Crippen LogP contribution in [0.3, 0.4) is 0 Å². The fourth-order valence-electron chi connectivity index (χ4n) is 3.89. The van der Waals surface area contributed by atoms with E-state index in [1.54, 1.807) is 4.90 Å². The second kappa shape index (κ2) is 9.53. The van der Waals surface area contributed by atoms with Crippen LogP contribution in [0.15, 0.2) is 53.1 Å². The molecule has 0 spiro atoms. The predicted octanol–water partition coefficient (Wildman–Crippen LogP) is 4.68. The molecule has 168 valence electrons. The Balaban J connectivity index is 1.74. The molecule has 0 bridgehead atoms. The molecule has 2 aromatic carbocycles. The zero-order chi connectivity index (χ0) is 22.7. The number of ether oxygens (including phenoxy) is 1. The lowest BCUT2D eigenvalue weighted by atomic mass is 10.0. The van der Waals surface area contributed by atoms with Crippen LogP contribution in [-0.4, -0.2) is 48.3 Å². The Hall–Kier alpha value is -3.19. The van der Waals surface area contributed by atoms with Gasteiger partial charge in [-0.05, 0) is 51.1 Å². The molecule has 1 amide bonds. The number of benzene rings is 2. The first kappa shape index (κ1) is 22.0. The summed E-state index contributed by atoms with van der Waals surface area (Å²) >= 11 is 0. The summed E-state index contributed by atoms with van der Waals surface area (Å²) in [6.45, 7) is 8.92. The van der Waals surface area contributed by atoms with Gasteiger partial charge in [-0.1, -0.05) is 28.9 Å². The first-order valence-corrected chi connectivity index (χ1v) is 10.9. The number of hydrogen-bond acceptors (Lipinski definition) is 5. The molecular weight excluding hydrogens is 409 g/mol. The third kappa shape index (κ3) is 4.67. The molecule has 0 unspecified atom stereocenters. The maximum absolute atomic E-state index is 13.4. The molecule has 1 fully saturated rings. The number of halogens is 1. The minimum absolute atomic E-state index is 0.0784. The van der Waals surface area contributed by atoms with E-state index in [0.29, 0.717) is 44.3 Å². The smallest absolute Gasteiger partial charge is 0.254 e. The van der Waals surface area contributed by atoms with Crippen molar-refractivity contribution in [2.75, 3.05) is 31.2 Å². The largest absolute Gasteiger partial charge is 0.378 e. The molecule has 1 aromatic heterocycles. The van der Waals surface area contributed by atoms with Gasteiger partial charge >= 0.3 is 0 Å². The number of nitrogens with zero attached hydrogens (tertiary/aromatic N) is 3. The summed E-state index contributed by atoms with van der Waals surface area (Å²) < 4.78 is 24.7. The number of hydrogen-bond donors (Lipinski definition) is 0. The third-order valence-corrected chi connectivity index (χ3v) is 5.66. The van der Waals surface area contributed by atoms with Crippen molar-refractivity contribution in [2.45, 2.75) is 33.4 Å². The average molecular weight is 438 g/mol. The lowest BCUT2D eigenvalue weighted by Gasteiger charge is -2.30. The lowest BCUT2D eigenvalue weighted by Crippen LogP contribution is -2.39. The third-order valence-electron chi connectivity index (χ3n) is 5.66. The highest BCUT2D eigenvalue weighted by Gasteiger charge is 2.28.